The van der Waals surface area contributed by atoms with E-state index in [1.165, 1.54) is 0 Å². The van der Waals surface area contributed by atoms with Crippen molar-refractivity contribution >= 4 is 19.8 Å². The van der Waals surface area contributed by atoms with Crippen LogP contribution in [0.2, 0.25) is 0 Å². The highest BCUT2D eigenvalue weighted by Crippen LogP contribution is 2.43. The first-order valence-electron chi connectivity index (χ1n) is 16.3. The molecule has 0 rings (SSSR count). The number of phosphoric acid groups is 1. The Labute approximate surface area is 281 Å². The maximum absolute atomic E-state index is 12.4. The SMILES string of the molecule is CC/C=C/C=C/C=C/C=C/C=C/CCCC(=O)OC(COC(=O)CCC/C=C/C/C=C/C/C=C/CC)COP(=O)(O)OC[C@@H](O)CO. The van der Waals surface area contributed by atoms with E-state index in [1.54, 1.807) is 0 Å². The maximum atomic E-state index is 12.4. The maximum Gasteiger partial charge on any atom is 0.472 e. The monoisotopic (exact) mass is 678 g/mol. The van der Waals surface area contributed by atoms with Crippen LogP contribution in [0.4, 0.5) is 0 Å². The van der Waals surface area contributed by atoms with Crippen LogP contribution in [-0.2, 0) is 32.7 Å². The van der Waals surface area contributed by atoms with Gasteiger partial charge in [-0.3, -0.25) is 18.6 Å². The van der Waals surface area contributed by atoms with Gasteiger partial charge in [0.2, 0.25) is 0 Å². The first-order chi connectivity index (χ1) is 22.7. The molecule has 3 atom stereocenters. The minimum absolute atomic E-state index is 0.0709. The van der Waals surface area contributed by atoms with E-state index in [4.69, 9.17) is 19.1 Å². The van der Waals surface area contributed by atoms with Crippen LogP contribution in [0.5, 0.6) is 0 Å². The molecule has 0 heterocycles. The molecule has 0 fully saturated rings. The second-order valence-corrected chi connectivity index (χ2v) is 11.6. The Bertz CT molecular complexity index is 1100. The Morgan fingerprint density at radius 3 is 1.79 bits per heavy atom. The van der Waals surface area contributed by atoms with Gasteiger partial charge in [-0.05, 0) is 51.4 Å². The molecule has 264 valence electrons. The summed E-state index contributed by atoms with van der Waals surface area (Å²) >= 11 is 0. The summed E-state index contributed by atoms with van der Waals surface area (Å²) in [6.45, 7) is 1.89. The molecule has 3 N–H and O–H groups in total. The molecule has 0 aromatic carbocycles. The van der Waals surface area contributed by atoms with Crippen molar-refractivity contribution in [3.8, 4) is 0 Å². The summed E-state index contributed by atoms with van der Waals surface area (Å²) in [5, 5.41) is 18.2. The molecule has 0 aliphatic heterocycles. The van der Waals surface area contributed by atoms with Gasteiger partial charge < -0.3 is 24.6 Å². The average Bonchev–Trinajstić information content (AvgIpc) is 3.05. The Balaban J connectivity index is 4.71. The number of ether oxygens (including phenoxy) is 2. The zero-order chi connectivity index (χ0) is 34.9. The molecular weight excluding hydrogens is 623 g/mol. The van der Waals surface area contributed by atoms with Crippen LogP contribution >= 0.6 is 7.82 Å². The van der Waals surface area contributed by atoms with Gasteiger partial charge in [0.25, 0.3) is 0 Å². The summed E-state index contributed by atoms with van der Waals surface area (Å²) in [5.74, 6) is -1.09. The van der Waals surface area contributed by atoms with E-state index in [2.05, 4.69) is 48.8 Å². The van der Waals surface area contributed by atoms with Gasteiger partial charge >= 0.3 is 19.8 Å². The van der Waals surface area contributed by atoms with Crippen LogP contribution in [0.15, 0.2) is 97.2 Å². The first-order valence-corrected chi connectivity index (χ1v) is 17.8. The Morgan fingerprint density at radius 2 is 1.17 bits per heavy atom. The van der Waals surface area contributed by atoms with Gasteiger partial charge in [0, 0.05) is 12.8 Å². The van der Waals surface area contributed by atoms with Gasteiger partial charge in [-0.15, -0.1) is 0 Å². The molecule has 0 saturated carbocycles. The lowest BCUT2D eigenvalue weighted by Gasteiger charge is -2.20. The predicted molar refractivity (Wildman–Crippen MR) is 186 cm³/mol. The van der Waals surface area contributed by atoms with Crippen molar-refractivity contribution in [3.63, 3.8) is 0 Å². The molecule has 0 saturated heterocycles. The number of allylic oxidation sites excluding steroid dienone is 16. The van der Waals surface area contributed by atoms with E-state index < -0.39 is 51.8 Å². The molecule has 0 spiro atoms. The Morgan fingerprint density at radius 1 is 0.660 bits per heavy atom. The number of unbranched alkanes of at least 4 members (excludes halogenated alkanes) is 2. The minimum Gasteiger partial charge on any atom is -0.462 e. The molecule has 0 amide bonds. The molecule has 0 aromatic rings. The molecule has 10 nitrogen and oxygen atoms in total. The zero-order valence-corrected chi connectivity index (χ0v) is 28.8. The van der Waals surface area contributed by atoms with Gasteiger partial charge in [-0.25, -0.2) is 4.57 Å². The smallest absolute Gasteiger partial charge is 0.462 e. The zero-order valence-electron chi connectivity index (χ0n) is 27.9. The van der Waals surface area contributed by atoms with Crippen molar-refractivity contribution in [2.24, 2.45) is 0 Å². The third kappa shape index (κ3) is 31.3. The number of hydrogen-bond acceptors (Lipinski definition) is 9. The lowest BCUT2D eigenvalue weighted by molar-refractivity contribution is -0.161. The van der Waals surface area contributed by atoms with E-state index in [0.29, 0.717) is 25.7 Å². The van der Waals surface area contributed by atoms with Crippen LogP contribution < -0.4 is 0 Å². The lowest BCUT2D eigenvalue weighted by atomic mass is 10.2. The fourth-order valence-electron chi connectivity index (χ4n) is 3.40. The molecular formula is C36H55O10P. The number of aliphatic hydroxyl groups is 2. The highest BCUT2D eigenvalue weighted by Gasteiger charge is 2.27. The van der Waals surface area contributed by atoms with Crippen molar-refractivity contribution in [3.05, 3.63) is 97.2 Å². The average molecular weight is 679 g/mol. The van der Waals surface area contributed by atoms with E-state index >= 15 is 0 Å². The number of phosphoric ester groups is 1. The highest BCUT2D eigenvalue weighted by molar-refractivity contribution is 7.47. The quantitative estimate of drug-likeness (QED) is 0.0253. The van der Waals surface area contributed by atoms with Crippen molar-refractivity contribution in [2.45, 2.75) is 90.3 Å². The van der Waals surface area contributed by atoms with Crippen molar-refractivity contribution in [2.75, 3.05) is 26.4 Å². The van der Waals surface area contributed by atoms with Gasteiger partial charge in [0.1, 0.15) is 12.7 Å². The van der Waals surface area contributed by atoms with Gasteiger partial charge in [-0.1, -0.05) is 111 Å². The molecule has 0 aromatic heterocycles. The molecule has 0 bridgehead atoms. The number of aliphatic hydroxyl groups excluding tert-OH is 2. The van der Waals surface area contributed by atoms with E-state index in [1.807, 2.05) is 66.8 Å². The van der Waals surface area contributed by atoms with Crippen molar-refractivity contribution in [1.29, 1.82) is 0 Å². The summed E-state index contributed by atoms with van der Waals surface area (Å²) < 4.78 is 32.3. The lowest BCUT2D eigenvalue weighted by Crippen LogP contribution is -2.29. The van der Waals surface area contributed by atoms with E-state index in [9.17, 15) is 24.2 Å². The molecule has 11 heteroatoms. The number of carbonyl (C=O) groups excluding carboxylic acids is 2. The fraction of sp³-hybridized carbons (Fsp3) is 0.500. The van der Waals surface area contributed by atoms with Gasteiger partial charge in [-0.2, -0.15) is 0 Å². The number of esters is 2. The second-order valence-electron chi connectivity index (χ2n) is 10.2. The topological polar surface area (TPSA) is 149 Å². The Hall–Kier alpha value is -3.11. The van der Waals surface area contributed by atoms with Crippen LogP contribution in [0, 0.1) is 0 Å². The summed E-state index contributed by atoms with van der Waals surface area (Å²) in [7, 11) is -4.64. The highest BCUT2D eigenvalue weighted by atomic mass is 31.2. The summed E-state index contributed by atoms with van der Waals surface area (Å²) in [6, 6.07) is 0. The standard InChI is InChI=1S/C36H55O10P/c1-3-5-7-9-11-13-15-16-18-20-22-24-26-28-36(40)46-34(32-45-47(41,42)44-30-33(38)29-37)31-43-35(39)27-25-23-21-19-17-14-12-10-8-6-4-2/h5-9,11-16,18-22,33-34,37-38H,3-4,10,17,23-32H2,1-2H3,(H,41,42)/b7-5+,8-6+,11-9+,14-12+,15-13+,18-16+,21-19+,22-20+/t33-,34?/m0/s1. The van der Waals surface area contributed by atoms with Gasteiger partial charge in [0.15, 0.2) is 6.10 Å². The fourth-order valence-corrected chi connectivity index (χ4v) is 4.19. The Kier molecular flexibility index (Phi) is 29.4. The summed E-state index contributed by atoms with van der Waals surface area (Å²) in [4.78, 5) is 34.6. The van der Waals surface area contributed by atoms with Crippen LogP contribution in [0.3, 0.4) is 0 Å². The molecule has 0 aliphatic rings. The molecule has 0 radical (unpaired) electrons. The van der Waals surface area contributed by atoms with E-state index in [-0.39, 0.29) is 19.4 Å². The van der Waals surface area contributed by atoms with Crippen molar-refractivity contribution < 1.29 is 47.8 Å². The summed E-state index contributed by atoms with van der Waals surface area (Å²) in [6.07, 6.45) is 35.6. The second kappa shape index (κ2) is 31.5. The third-order valence-electron chi connectivity index (χ3n) is 5.86. The molecule has 0 aliphatic carbocycles. The van der Waals surface area contributed by atoms with Crippen LogP contribution in [0.25, 0.3) is 0 Å². The minimum atomic E-state index is -4.64. The first kappa shape index (κ1) is 43.9. The van der Waals surface area contributed by atoms with Gasteiger partial charge in [0.05, 0.1) is 19.8 Å². The van der Waals surface area contributed by atoms with Crippen molar-refractivity contribution in [1.82, 2.24) is 0 Å². The normalized spacial score (nSPS) is 15.4. The van der Waals surface area contributed by atoms with Crippen LogP contribution in [0.1, 0.15) is 78.1 Å². The predicted octanol–water partition coefficient (Wildman–Crippen LogP) is 7.32. The number of hydrogen-bond donors (Lipinski definition) is 3. The molecule has 2 unspecified atom stereocenters. The molecule has 47 heavy (non-hydrogen) atoms. The number of carbonyl (C=O) groups is 2. The largest absolute Gasteiger partial charge is 0.472 e. The summed E-state index contributed by atoms with van der Waals surface area (Å²) in [5.41, 5.74) is 0. The van der Waals surface area contributed by atoms with Crippen LogP contribution in [-0.4, -0.2) is 65.7 Å². The number of rotatable bonds is 28. The van der Waals surface area contributed by atoms with E-state index in [0.717, 1.165) is 25.7 Å². The third-order valence-corrected chi connectivity index (χ3v) is 6.81.